The maximum absolute atomic E-state index is 11.5. The summed E-state index contributed by atoms with van der Waals surface area (Å²) in [7, 11) is 0. The molecule has 0 heterocycles. The van der Waals surface area contributed by atoms with Gasteiger partial charge in [0.1, 0.15) is 0 Å². The normalized spacial score (nSPS) is 13.0. The van der Waals surface area contributed by atoms with Gasteiger partial charge < -0.3 is 11.1 Å². The third-order valence-electron chi connectivity index (χ3n) is 2.38. The van der Waals surface area contributed by atoms with Crippen molar-refractivity contribution in [3.8, 4) is 0 Å². The lowest BCUT2D eigenvalue weighted by Gasteiger charge is -2.15. The van der Waals surface area contributed by atoms with Gasteiger partial charge in [0.05, 0.1) is 0 Å². The molecule has 3 nitrogen and oxygen atoms in total. The Morgan fingerprint density at radius 1 is 1.38 bits per heavy atom. The van der Waals surface area contributed by atoms with E-state index in [0.29, 0.717) is 19.0 Å². The van der Waals surface area contributed by atoms with Gasteiger partial charge in [0, 0.05) is 12.5 Å². The zero-order chi connectivity index (χ0) is 10.3. The van der Waals surface area contributed by atoms with E-state index in [1.165, 1.54) is 0 Å². The van der Waals surface area contributed by atoms with Crippen molar-refractivity contribution in [2.24, 2.45) is 17.6 Å². The second-order valence-corrected chi connectivity index (χ2v) is 3.60. The molecule has 1 amide bonds. The van der Waals surface area contributed by atoms with Crippen molar-refractivity contribution < 1.29 is 4.79 Å². The molecular formula is C10H22N2O. The molecule has 0 aromatic heterocycles. The van der Waals surface area contributed by atoms with Gasteiger partial charge >= 0.3 is 0 Å². The van der Waals surface area contributed by atoms with Gasteiger partial charge in [0.15, 0.2) is 0 Å². The zero-order valence-electron chi connectivity index (χ0n) is 8.97. The van der Waals surface area contributed by atoms with Gasteiger partial charge in [-0.1, -0.05) is 20.8 Å². The van der Waals surface area contributed by atoms with E-state index >= 15 is 0 Å². The molecule has 0 aromatic rings. The molecule has 0 saturated carbocycles. The van der Waals surface area contributed by atoms with Gasteiger partial charge in [-0.3, -0.25) is 4.79 Å². The number of nitrogens with one attached hydrogen (secondary N) is 1. The van der Waals surface area contributed by atoms with Crippen LogP contribution in [-0.4, -0.2) is 19.0 Å². The fourth-order valence-corrected chi connectivity index (χ4v) is 1.16. The summed E-state index contributed by atoms with van der Waals surface area (Å²) in [6.07, 6.45) is 1.83. The number of amides is 1. The predicted octanol–water partition coefficient (Wildman–Crippen LogP) is 1.13. The van der Waals surface area contributed by atoms with Gasteiger partial charge in [0.2, 0.25) is 5.91 Å². The van der Waals surface area contributed by atoms with Crippen LogP contribution in [0.3, 0.4) is 0 Å². The molecule has 1 atom stereocenters. The van der Waals surface area contributed by atoms with Crippen molar-refractivity contribution in [2.45, 2.75) is 33.6 Å². The van der Waals surface area contributed by atoms with Crippen molar-refractivity contribution in [1.29, 1.82) is 0 Å². The van der Waals surface area contributed by atoms with E-state index in [-0.39, 0.29) is 11.8 Å². The highest BCUT2D eigenvalue weighted by molar-refractivity contribution is 5.78. The molecule has 0 rings (SSSR count). The molecule has 0 radical (unpaired) electrons. The first-order valence-electron chi connectivity index (χ1n) is 5.13. The fourth-order valence-electron chi connectivity index (χ4n) is 1.16. The standard InChI is InChI=1S/C10H22N2O/c1-4-9(5-2)10(13)12-7-8(3)6-11/h8-9H,4-7,11H2,1-3H3,(H,12,13). The summed E-state index contributed by atoms with van der Waals surface area (Å²) in [6.45, 7) is 7.45. The number of rotatable bonds is 6. The smallest absolute Gasteiger partial charge is 0.223 e. The first-order valence-corrected chi connectivity index (χ1v) is 5.13. The monoisotopic (exact) mass is 186 g/mol. The molecular weight excluding hydrogens is 164 g/mol. The number of nitrogens with two attached hydrogens (primary N) is 1. The first-order chi connectivity index (χ1) is 6.15. The van der Waals surface area contributed by atoms with Crippen molar-refractivity contribution in [2.75, 3.05) is 13.1 Å². The van der Waals surface area contributed by atoms with E-state index in [1.807, 2.05) is 20.8 Å². The van der Waals surface area contributed by atoms with E-state index < -0.39 is 0 Å². The fraction of sp³-hybridized carbons (Fsp3) is 0.900. The van der Waals surface area contributed by atoms with Crippen LogP contribution in [0.2, 0.25) is 0 Å². The van der Waals surface area contributed by atoms with Crippen LogP contribution in [0.5, 0.6) is 0 Å². The van der Waals surface area contributed by atoms with Crippen LogP contribution in [0.1, 0.15) is 33.6 Å². The number of hydrogen-bond donors (Lipinski definition) is 2. The largest absolute Gasteiger partial charge is 0.356 e. The van der Waals surface area contributed by atoms with Crippen LogP contribution in [-0.2, 0) is 4.79 Å². The van der Waals surface area contributed by atoms with Crippen LogP contribution in [0, 0.1) is 11.8 Å². The molecule has 0 fully saturated rings. The van der Waals surface area contributed by atoms with Crippen molar-refractivity contribution in [1.82, 2.24) is 5.32 Å². The quantitative estimate of drug-likeness (QED) is 0.653. The number of carbonyl (C=O) groups excluding carboxylic acids is 1. The Morgan fingerprint density at radius 3 is 2.31 bits per heavy atom. The van der Waals surface area contributed by atoms with Crippen LogP contribution in [0.4, 0.5) is 0 Å². The van der Waals surface area contributed by atoms with Crippen molar-refractivity contribution >= 4 is 5.91 Å². The van der Waals surface area contributed by atoms with Gasteiger partial charge in [0.25, 0.3) is 0 Å². The summed E-state index contributed by atoms with van der Waals surface area (Å²) in [4.78, 5) is 11.5. The summed E-state index contributed by atoms with van der Waals surface area (Å²) >= 11 is 0. The summed E-state index contributed by atoms with van der Waals surface area (Å²) in [6, 6.07) is 0. The van der Waals surface area contributed by atoms with Crippen LogP contribution in [0.15, 0.2) is 0 Å². The van der Waals surface area contributed by atoms with Crippen LogP contribution < -0.4 is 11.1 Å². The van der Waals surface area contributed by atoms with Crippen LogP contribution in [0.25, 0.3) is 0 Å². The van der Waals surface area contributed by atoms with E-state index in [9.17, 15) is 4.79 Å². The Bertz CT molecular complexity index is 144. The van der Waals surface area contributed by atoms with Crippen molar-refractivity contribution in [3.05, 3.63) is 0 Å². The Labute approximate surface area is 81.1 Å². The first kappa shape index (κ1) is 12.4. The summed E-state index contributed by atoms with van der Waals surface area (Å²) < 4.78 is 0. The summed E-state index contributed by atoms with van der Waals surface area (Å²) in [5.41, 5.74) is 5.45. The second kappa shape index (κ2) is 6.89. The number of carbonyl (C=O) groups is 1. The molecule has 0 bridgehead atoms. The Morgan fingerprint density at radius 2 is 1.92 bits per heavy atom. The highest BCUT2D eigenvalue weighted by atomic mass is 16.1. The second-order valence-electron chi connectivity index (χ2n) is 3.60. The lowest BCUT2D eigenvalue weighted by atomic mass is 10.0. The summed E-state index contributed by atoms with van der Waals surface area (Å²) in [5, 5.41) is 2.92. The van der Waals surface area contributed by atoms with Crippen molar-refractivity contribution in [3.63, 3.8) is 0 Å². The van der Waals surface area contributed by atoms with E-state index in [0.717, 1.165) is 12.8 Å². The SMILES string of the molecule is CCC(CC)C(=O)NCC(C)CN. The molecule has 1 unspecified atom stereocenters. The predicted molar refractivity (Wildman–Crippen MR) is 55.3 cm³/mol. The molecule has 78 valence electrons. The van der Waals surface area contributed by atoms with E-state index in [4.69, 9.17) is 5.73 Å². The third-order valence-corrected chi connectivity index (χ3v) is 2.38. The average Bonchev–Trinajstić information content (AvgIpc) is 2.16. The molecule has 3 N–H and O–H groups in total. The number of hydrogen-bond acceptors (Lipinski definition) is 2. The minimum absolute atomic E-state index is 0.171. The van der Waals surface area contributed by atoms with E-state index in [2.05, 4.69) is 5.32 Å². The molecule has 3 heteroatoms. The molecule has 0 spiro atoms. The zero-order valence-corrected chi connectivity index (χ0v) is 8.97. The van der Waals surface area contributed by atoms with Crippen LogP contribution >= 0.6 is 0 Å². The van der Waals surface area contributed by atoms with Gasteiger partial charge in [-0.15, -0.1) is 0 Å². The maximum Gasteiger partial charge on any atom is 0.223 e. The lowest BCUT2D eigenvalue weighted by Crippen LogP contribution is -2.35. The van der Waals surface area contributed by atoms with Gasteiger partial charge in [-0.2, -0.15) is 0 Å². The molecule has 0 aliphatic carbocycles. The Balaban J connectivity index is 3.72. The van der Waals surface area contributed by atoms with Gasteiger partial charge in [-0.05, 0) is 25.3 Å². The highest BCUT2D eigenvalue weighted by Gasteiger charge is 2.13. The summed E-state index contributed by atoms with van der Waals surface area (Å²) in [5.74, 6) is 0.716. The molecule has 0 aliphatic heterocycles. The average molecular weight is 186 g/mol. The molecule has 0 aromatic carbocycles. The Kier molecular flexibility index (Phi) is 6.59. The topological polar surface area (TPSA) is 55.1 Å². The minimum Gasteiger partial charge on any atom is -0.356 e. The third kappa shape index (κ3) is 4.88. The van der Waals surface area contributed by atoms with Gasteiger partial charge in [-0.25, -0.2) is 0 Å². The molecule has 13 heavy (non-hydrogen) atoms. The molecule has 0 aliphatic rings. The molecule has 0 saturated heterocycles. The minimum atomic E-state index is 0.171. The highest BCUT2D eigenvalue weighted by Crippen LogP contribution is 2.06. The Hall–Kier alpha value is -0.570. The van der Waals surface area contributed by atoms with E-state index in [1.54, 1.807) is 0 Å². The maximum atomic E-state index is 11.5. The lowest BCUT2D eigenvalue weighted by molar-refractivity contribution is -0.125.